The second kappa shape index (κ2) is 9.04. The maximum atomic E-state index is 12.5. The Morgan fingerprint density at radius 3 is 2.00 bits per heavy atom. The molecule has 0 fully saturated rings. The number of nitrogens with one attached hydrogen (secondary N) is 2. The van der Waals surface area contributed by atoms with E-state index in [9.17, 15) is 25.0 Å². The fraction of sp³-hybridized carbons (Fsp3) is 0.150. The van der Waals surface area contributed by atoms with Gasteiger partial charge in [-0.15, -0.1) is 0 Å². The monoisotopic (exact) mass is 437 g/mol. The zero-order valence-corrected chi connectivity index (χ0v) is 17.4. The van der Waals surface area contributed by atoms with Crippen LogP contribution in [0, 0.1) is 27.2 Å². The zero-order chi connectivity index (χ0) is 23.4. The van der Waals surface area contributed by atoms with E-state index in [-0.39, 0.29) is 5.56 Å². The Labute approximate surface area is 182 Å². The normalized spacial score (nSPS) is 10.3. The van der Waals surface area contributed by atoms with Gasteiger partial charge >= 0.3 is 0 Å². The maximum Gasteiger partial charge on any atom is 0.277 e. The number of nitro benzene ring substituents is 2. The van der Waals surface area contributed by atoms with Crippen molar-refractivity contribution in [1.82, 2.24) is 9.97 Å². The van der Waals surface area contributed by atoms with Gasteiger partial charge < -0.3 is 15.5 Å². The standard InChI is InChI=1S/C20H19N7O5/c1-12-21-18(11-19(22-12)25(2)3)23-14-4-6-15(7-5-14)24-20(28)13-8-16(26(29)30)10-17(9-13)27(31)32/h4-11H,1-3H3,(H,24,28)(H,21,22,23). The van der Waals surface area contributed by atoms with Crippen molar-refractivity contribution in [3.8, 4) is 0 Å². The average Bonchev–Trinajstić information content (AvgIpc) is 2.74. The predicted molar refractivity (Wildman–Crippen MR) is 119 cm³/mol. The van der Waals surface area contributed by atoms with Crippen LogP contribution in [0.3, 0.4) is 0 Å². The van der Waals surface area contributed by atoms with Crippen LogP contribution in [0.1, 0.15) is 16.2 Å². The van der Waals surface area contributed by atoms with Crippen LogP contribution >= 0.6 is 0 Å². The summed E-state index contributed by atoms with van der Waals surface area (Å²) in [6, 6.07) is 11.2. The van der Waals surface area contributed by atoms with Gasteiger partial charge in [0.05, 0.1) is 21.5 Å². The van der Waals surface area contributed by atoms with Crippen molar-refractivity contribution in [3.63, 3.8) is 0 Å². The second-order valence-electron chi connectivity index (χ2n) is 6.96. The molecule has 0 aliphatic heterocycles. The number of hydrogen-bond donors (Lipinski definition) is 2. The van der Waals surface area contributed by atoms with Gasteiger partial charge in [-0.1, -0.05) is 0 Å². The quantitative estimate of drug-likeness (QED) is 0.416. The van der Waals surface area contributed by atoms with Crippen LogP contribution in [0.4, 0.5) is 34.4 Å². The molecule has 164 valence electrons. The van der Waals surface area contributed by atoms with Crippen molar-refractivity contribution >= 4 is 40.3 Å². The minimum Gasteiger partial charge on any atom is -0.363 e. The lowest BCUT2D eigenvalue weighted by Crippen LogP contribution is -2.13. The van der Waals surface area contributed by atoms with Gasteiger partial charge in [-0.2, -0.15) is 0 Å². The Morgan fingerprint density at radius 1 is 0.906 bits per heavy atom. The van der Waals surface area contributed by atoms with E-state index in [0.717, 1.165) is 24.0 Å². The number of hydrogen-bond acceptors (Lipinski definition) is 9. The highest BCUT2D eigenvalue weighted by atomic mass is 16.6. The molecule has 0 saturated carbocycles. The lowest BCUT2D eigenvalue weighted by Gasteiger charge is -2.14. The van der Waals surface area contributed by atoms with Gasteiger partial charge in [0.1, 0.15) is 17.5 Å². The first-order chi connectivity index (χ1) is 15.1. The fourth-order valence-electron chi connectivity index (χ4n) is 2.77. The maximum absolute atomic E-state index is 12.5. The van der Waals surface area contributed by atoms with Crippen LogP contribution in [0.2, 0.25) is 0 Å². The topological polar surface area (TPSA) is 156 Å². The number of anilines is 4. The van der Waals surface area contributed by atoms with Crippen molar-refractivity contribution in [2.24, 2.45) is 0 Å². The summed E-state index contributed by atoms with van der Waals surface area (Å²) in [6.45, 7) is 1.79. The van der Waals surface area contributed by atoms with Gasteiger partial charge in [-0.05, 0) is 31.2 Å². The van der Waals surface area contributed by atoms with E-state index >= 15 is 0 Å². The average molecular weight is 437 g/mol. The van der Waals surface area contributed by atoms with Gasteiger partial charge in [0.2, 0.25) is 0 Å². The largest absolute Gasteiger partial charge is 0.363 e. The number of amides is 1. The Balaban J connectivity index is 1.76. The van der Waals surface area contributed by atoms with Gasteiger partial charge in [0.25, 0.3) is 17.3 Å². The number of benzene rings is 2. The van der Waals surface area contributed by atoms with E-state index in [4.69, 9.17) is 0 Å². The van der Waals surface area contributed by atoms with Crippen LogP contribution in [-0.2, 0) is 0 Å². The number of carbonyl (C=O) groups is 1. The Morgan fingerprint density at radius 2 is 1.47 bits per heavy atom. The molecule has 3 aromatic rings. The summed E-state index contributed by atoms with van der Waals surface area (Å²) < 4.78 is 0. The summed E-state index contributed by atoms with van der Waals surface area (Å²) in [5.41, 5.74) is -0.164. The van der Waals surface area contributed by atoms with Crippen molar-refractivity contribution in [2.45, 2.75) is 6.92 Å². The van der Waals surface area contributed by atoms with Crippen LogP contribution in [0.25, 0.3) is 0 Å². The summed E-state index contributed by atoms with van der Waals surface area (Å²) in [5.74, 6) is 1.24. The summed E-state index contributed by atoms with van der Waals surface area (Å²) in [6.07, 6.45) is 0. The minimum absolute atomic E-state index is 0.194. The van der Waals surface area contributed by atoms with Gasteiger partial charge in [0, 0.05) is 43.7 Å². The third kappa shape index (κ3) is 5.30. The molecule has 0 bridgehead atoms. The number of rotatable bonds is 7. The van der Waals surface area contributed by atoms with Crippen molar-refractivity contribution in [3.05, 3.63) is 80.1 Å². The van der Waals surface area contributed by atoms with Gasteiger partial charge in [0.15, 0.2) is 0 Å². The summed E-state index contributed by atoms with van der Waals surface area (Å²) in [4.78, 5) is 43.4. The van der Waals surface area contributed by atoms with Crippen LogP contribution < -0.4 is 15.5 Å². The highest BCUT2D eigenvalue weighted by molar-refractivity contribution is 6.05. The van der Waals surface area contributed by atoms with Crippen LogP contribution in [0.5, 0.6) is 0 Å². The molecule has 2 aromatic carbocycles. The molecule has 0 unspecified atom stereocenters. The first-order valence-corrected chi connectivity index (χ1v) is 9.27. The molecule has 0 atom stereocenters. The molecule has 12 nitrogen and oxygen atoms in total. The lowest BCUT2D eigenvalue weighted by atomic mass is 10.1. The second-order valence-corrected chi connectivity index (χ2v) is 6.96. The number of non-ortho nitro benzene ring substituents is 2. The zero-order valence-electron chi connectivity index (χ0n) is 17.4. The molecular formula is C20H19N7O5. The molecule has 32 heavy (non-hydrogen) atoms. The van der Waals surface area contributed by atoms with Crippen molar-refractivity contribution in [1.29, 1.82) is 0 Å². The highest BCUT2D eigenvalue weighted by Gasteiger charge is 2.20. The first kappa shape index (κ1) is 22.1. The SMILES string of the molecule is Cc1nc(Nc2ccc(NC(=O)c3cc([N+](=O)[O-])cc([N+](=O)[O-])c3)cc2)cc(N(C)C)n1. The van der Waals surface area contributed by atoms with E-state index in [1.807, 2.05) is 19.0 Å². The van der Waals surface area contributed by atoms with E-state index in [1.165, 1.54) is 0 Å². The van der Waals surface area contributed by atoms with E-state index in [2.05, 4.69) is 20.6 Å². The predicted octanol–water partition coefficient (Wildman–Crippen LogP) is 3.66. The van der Waals surface area contributed by atoms with Gasteiger partial charge in [-0.3, -0.25) is 25.0 Å². The number of aryl methyl sites for hydroxylation is 1. The Hall–Kier alpha value is -4.61. The van der Waals surface area contributed by atoms with E-state index in [1.54, 1.807) is 37.3 Å². The van der Waals surface area contributed by atoms with Gasteiger partial charge in [-0.25, -0.2) is 9.97 Å². The van der Waals surface area contributed by atoms with E-state index < -0.39 is 27.1 Å². The Kier molecular flexibility index (Phi) is 6.24. The third-order valence-electron chi connectivity index (χ3n) is 4.28. The van der Waals surface area contributed by atoms with Crippen molar-refractivity contribution < 1.29 is 14.6 Å². The summed E-state index contributed by atoms with van der Waals surface area (Å²) in [7, 11) is 3.75. The highest BCUT2D eigenvalue weighted by Crippen LogP contribution is 2.24. The van der Waals surface area contributed by atoms with E-state index in [0.29, 0.717) is 23.0 Å². The lowest BCUT2D eigenvalue weighted by molar-refractivity contribution is -0.394. The molecule has 2 N–H and O–H groups in total. The molecule has 0 aliphatic carbocycles. The molecule has 0 radical (unpaired) electrons. The molecule has 0 spiro atoms. The smallest absolute Gasteiger partial charge is 0.277 e. The summed E-state index contributed by atoms with van der Waals surface area (Å²) in [5, 5.41) is 27.7. The summed E-state index contributed by atoms with van der Waals surface area (Å²) >= 11 is 0. The molecule has 0 saturated heterocycles. The molecule has 1 amide bonds. The van der Waals surface area contributed by atoms with Crippen LogP contribution in [0.15, 0.2) is 48.5 Å². The first-order valence-electron chi connectivity index (χ1n) is 9.27. The minimum atomic E-state index is -0.791. The number of aromatic nitrogens is 2. The third-order valence-corrected chi connectivity index (χ3v) is 4.28. The number of nitro groups is 2. The number of carbonyl (C=O) groups excluding carboxylic acids is 1. The fourth-order valence-corrected chi connectivity index (χ4v) is 2.77. The molecule has 0 aliphatic rings. The molecule has 1 heterocycles. The molecular weight excluding hydrogens is 418 g/mol. The number of nitrogens with zero attached hydrogens (tertiary/aromatic N) is 5. The molecule has 3 rings (SSSR count). The molecule has 12 heteroatoms. The molecule has 1 aromatic heterocycles. The van der Waals surface area contributed by atoms with Crippen molar-refractivity contribution in [2.75, 3.05) is 29.6 Å². The van der Waals surface area contributed by atoms with Crippen LogP contribution in [-0.4, -0.2) is 39.8 Å². The Bertz CT molecular complexity index is 1160.